The first-order valence-electron chi connectivity index (χ1n) is 13.9. The average molecular weight is 670 g/mol. The van der Waals surface area contributed by atoms with E-state index in [2.05, 4.69) is 30.3 Å². The summed E-state index contributed by atoms with van der Waals surface area (Å²) in [4.78, 5) is 34.0. The van der Waals surface area contributed by atoms with Crippen molar-refractivity contribution in [2.45, 2.75) is 55.3 Å². The number of nitrogen functional groups attached to an aromatic ring is 1. The van der Waals surface area contributed by atoms with Crippen LogP contribution in [0.25, 0.3) is 11.2 Å². The van der Waals surface area contributed by atoms with Gasteiger partial charge in [0.1, 0.15) is 42.4 Å². The van der Waals surface area contributed by atoms with E-state index in [0.717, 1.165) is 0 Å². The minimum atomic E-state index is -4.98. The number of aliphatic hydroxyl groups is 2. The van der Waals surface area contributed by atoms with Gasteiger partial charge in [-0.05, 0) is 12.3 Å². The van der Waals surface area contributed by atoms with Gasteiger partial charge in [0.15, 0.2) is 23.5 Å². The van der Waals surface area contributed by atoms with Gasteiger partial charge in [-0.15, -0.1) is 5.11 Å². The van der Waals surface area contributed by atoms with E-state index >= 15 is 0 Å². The van der Waals surface area contributed by atoms with Crippen molar-refractivity contribution in [3.05, 3.63) is 24.4 Å². The molecule has 3 aliphatic heterocycles. The van der Waals surface area contributed by atoms with Crippen molar-refractivity contribution in [1.82, 2.24) is 29.3 Å². The minimum Gasteiger partial charge on any atom is -0.388 e. The SMILES string of the molecule is Nc1ncnc2c1ncn2[C@H]1[C@H](O)[C@@H]2OP(=O)(O)OC[C@H]3O[C@@H](n4ncc5c4N=NCC5N)[C@H](OP(=O)(O)OCC24C[C@H]14)[C@@H]3O. The van der Waals surface area contributed by atoms with Gasteiger partial charge in [-0.2, -0.15) is 10.2 Å². The molecule has 5 aliphatic rings. The predicted octanol–water partition coefficient (Wildman–Crippen LogP) is -0.400. The van der Waals surface area contributed by atoms with E-state index in [9.17, 15) is 29.1 Å². The lowest BCUT2D eigenvalue weighted by Crippen LogP contribution is -2.38. The van der Waals surface area contributed by atoms with E-state index in [4.69, 9.17) is 34.3 Å². The fourth-order valence-corrected chi connectivity index (χ4v) is 8.88. The van der Waals surface area contributed by atoms with Crippen molar-refractivity contribution < 1.29 is 52.0 Å². The number of fused-ring (bicyclic) bond motifs is 4. The van der Waals surface area contributed by atoms with E-state index in [0.29, 0.717) is 11.2 Å². The summed E-state index contributed by atoms with van der Waals surface area (Å²) in [6.45, 7) is -1.03. The Bertz CT molecular complexity index is 1810. The number of aromatic nitrogens is 6. The minimum absolute atomic E-state index is 0.115. The fourth-order valence-electron chi connectivity index (χ4n) is 6.87. The molecule has 2 saturated carbocycles. The number of phosphoric acid groups is 2. The molecule has 12 atom stereocenters. The van der Waals surface area contributed by atoms with Crippen LogP contribution in [0.2, 0.25) is 0 Å². The molecule has 6 heterocycles. The Morgan fingerprint density at radius 3 is 2.69 bits per heavy atom. The number of hydrogen-bond donors (Lipinski definition) is 6. The van der Waals surface area contributed by atoms with Crippen LogP contribution in [0.5, 0.6) is 0 Å². The first-order chi connectivity index (χ1) is 21.4. The van der Waals surface area contributed by atoms with Gasteiger partial charge < -0.3 is 40.8 Å². The molecule has 2 bridgehead atoms. The zero-order chi connectivity index (χ0) is 31.5. The topological polar surface area (TPSA) is 299 Å². The Labute approximate surface area is 252 Å². The summed E-state index contributed by atoms with van der Waals surface area (Å²) in [5.41, 5.74) is 11.9. The maximum absolute atomic E-state index is 13.4. The standard InChI is InChI=1S/C22H28N10O11P2/c23-10-3-28-30-19-8(10)2-29-32(19)21-16-14(33)11(41-21)4-39-44(35,36)43-17-15(34)13(9-1-22(9,17)5-40-45(37,38)42-16)31-7-27-12-18(24)25-6-26-20(12)31/h2,6-7,9-11,13-17,21,33-34H,1,3-5,23H2,(H,35,36)(H,37,38)(H2,24,25,26)/t9-,10?,11-,13-,14-,15+,16-,17+,21-,22?/m1/s1. The lowest BCUT2D eigenvalue weighted by Gasteiger charge is -2.30. The molecule has 3 aromatic heterocycles. The number of anilines is 1. The zero-order valence-electron chi connectivity index (χ0n) is 23.0. The smallest absolute Gasteiger partial charge is 0.388 e. The van der Waals surface area contributed by atoms with Gasteiger partial charge in [-0.1, -0.05) is 0 Å². The monoisotopic (exact) mass is 670 g/mol. The second-order valence-corrected chi connectivity index (χ2v) is 14.5. The molecule has 0 radical (unpaired) electrons. The Kier molecular flexibility index (Phi) is 6.65. The summed E-state index contributed by atoms with van der Waals surface area (Å²) in [7, 11) is -9.94. The number of hydrogen-bond acceptors (Lipinski definition) is 17. The van der Waals surface area contributed by atoms with E-state index < -0.39 is 89.0 Å². The molecule has 242 valence electrons. The third-order valence-corrected chi connectivity index (χ3v) is 11.1. The molecular formula is C22H28N10O11P2. The zero-order valence-corrected chi connectivity index (χ0v) is 24.8. The average Bonchev–Trinajstić information content (AvgIpc) is 3.28. The van der Waals surface area contributed by atoms with Crippen molar-refractivity contribution in [2.24, 2.45) is 27.3 Å². The number of aliphatic hydroxyl groups excluding tert-OH is 2. The molecule has 4 unspecified atom stereocenters. The van der Waals surface area contributed by atoms with Gasteiger partial charge in [0, 0.05) is 11.0 Å². The Morgan fingerprint density at radius 2 is 1.87 bits per heavy atom. The van der Waals surface area contributed by atoms with Crippen LogP contribution in [0.15, 0.2) is 29.1 Å². The van der Waals surface area contributed by atoms with E-state index in [-0.39, 0.29) is 30.1 Å². The van der Waals surface area contributed by atoms with Crippen molar-refractivity contribution in [2.75, 3.05) is 25.5 Å². The van der Waals surface area contributed by atoms with Gasteiger partial charge in [0.2, 0.25) is 0 Å². The Morgan fingerprint density at radius 1 is 1.07 bits per heavy atom. The number of rotatable bonds is 2. The summed E-state index contributed by atoms with van der Waals surface area (Å²) in [6.07, 6.45) is -4.51. The maximum Gasteiger partial charge on any atom is 0.472 e. The molecule has 21 nitrogen and oxygen atoms in total. The van der Waals surface area contributed by atoms with Gasteiger partial charge in [0.25, 0.3) is 0 Å². The molecular weight excluding hydrogens is 642 g/mol. The van der Waals surface area contributed by atoms with Crippen molar-refractivity contribution in [3.8, 4) is 0 Å². The molecule has 23 heteroatoms. The first kappa shape index (κ1) is 29.6. The van der Waals surface area contributed by atoms with E-state index in [1.807, 2.05) is 0 Å². The molecule has 8 N–H and O–H groups in total. The number of nitrogens with two attached hydrogens (primary N) is 2. The summed E-state index contributed by atoms with van der Waals surface area (Å²) >= 11 is 0. The predicted molar refractivity (Wildman–Crippen MR) is 145 cm³/mol. The largest absolute Gasteiger partial charge is 0.472 e. The van der Waals surface area contributed by atoms with Crippen LogP contribution in [-0.2, 0) is 32.0 Å². The quantitative estimate of drug-likeness (QED) is 0.189. The maximum atomic E-state index is 13.4. The van der Waals surface area contributed by atoms with Crippen molar-refractivity contribution in [3.63, 3.8) is 0 Å². The molecule has 4 fully saturated rings. The lowest BCUT2D eigenvalue weighted by atomic mass is 10.0. The van der Waals surface area contributed by atoms with Crippen molar-refractivity contribution >= 4 is 38.4 Å². The van der Waals surface area contributed by atoms with Crippen LogP contribution in [0, 0.1) is 11.3 Å². The number of ether oxygens (including phenoxy) is 1. The highest BCUT2D eigenvalue weighted by Gasteiger charge is 2.74. The number of phosphoric ester groups is 2. The number of imidazole rings is 1. The van der Waals surface area contributed by atoms with Crippen LogP contribution >= 0.6 is 15.6 Å². The molecule has 2 aliphatic carbocycles. The van der Waals surface area contributed by atoms with Gasteiger partial charge in [-0.3, -0.25) is 18.1 Å². The molecule has 0 aromatic carbocycles. The second-order valence-electron chi connectivity index (χ2n) is 11.7. The second kappa shape index (κ2) is 10.1. The molecule has 3 aromatic rings. The highest BCUT2D eigenvalue weighted by molar-refractivity contribution is 7.47. The Balaban J connectivity index is 1.13. The highest BCUT2D eigenvalue weighted by atomic mass is 31.2. The molecule has 1 spiro atoms. The highest BCUT2D eigenvalue weighted by Crippen LogP contribution is 2.72. The lowest BCUT2D eigenvalue weighted by molar-refractivity contribution is -0.0710. The summed E-state index contributed by atoms with van der Waals surface area (Å²) in [5, 5.41) is 34.8. The summed E-state index contributed by atoms with van der Waals surface area (Å²) in [6, 6.07) is -1.32. The van der Waals surface area contributed by atoms with Crippen LogP contribution in [-0.4, -0.2) is 99.6 Å². The van der Waals surface area contributed by atoms with Crippen molar-refractivity contribution in [1.29, 1.82) is 0 Å². The Hall–Kier alpha value is -2.78. The van der Waals surface area contributed by atoms with Gasteiger partial charge in [0.05, 0.1) is 44.4 Å². The molecule has 0 amide bonds. The van der Waals surface area contributed by atoms with Crippen LogP contribution in [0.3, 0.4) is 0 Å². The summed E-state index contributed by atoms with van der Waals surface area (Å²) in [5.74, 6) is -0.191. The molecule has 45 heavy (non-hydrogen) atoms. The van der Waals surface area contributed by atoms with Crippen LogP contribution < -0.4 is 11.5 Å². The number of nitrogens with zero attached hydrogens (tertiary/aromatic N) is 8. The van der Waals surface area contributed by atoms with Crippen LogP contribution in [0.4, 0.5) is 11.6 Å². The summed E-state index contributed by atoms with van der Waals surface area (Å²) < 4.78 is 57.0. The molecule has 2 saturated heterocycles. The third kappa shape index (κ3) is 4.61. The third-order valence-electron chi connectivity index (χ3n) is 9.12. The van der Waals surface area contributed by atoms with Gasteiger partial charge >= 0.3 is 15.6 Å². The number of azo groups is 1. The van der Waals surface area contributed by atoms with E-state index in [1.165, 1.54) is 23.5 Å². The van der Waals surface area contributed by atoms with Crippen LogP contribution in [0.1, 0.15) is 30.3 Å². The first-order valence-corrected chi connectivity index (χ1v) is 16.8. The fraction of sp³-hybridized carbons (Fsp3) is 0.636. The normalized spacial score (nSPS) is 44.4. The molecule has 8 rings (SSSR count). The van der Waals surface area contributed by atoms with E-state index in [1.54, 1.807) is 4.57 Å². The van der Waals surface area contributed by atoms with Gasteiger partial charge in [-0.25, -0.2) is 28.8 Å².